The lowest BCUT2D eigenvalue weighted by atomic mass is 9.92. The first-order valence-corrected chi connectivity index (χ1v) is 7.26. The molecule has 0 aromatic carbocycles. The second-order valence-electron chi connectivity index (χ2n) is 5.36. The van der Waals surface area contributed by atoms with E-state index in [0.717, 1.165) is 58.0 Å². The molecular weight excluding hydrogens is 244 g/mol. The number of rotatable bonds is 4. The second kappa shape index (κ2) is 5.46. The predicted octanol–water partition coefficient (Wildman–Crippen LogP) is 1.28. The minimum atomic E-state index is -0.0910. The molecule has 0 saturated carbocycles. The van der Waals surface area contributed by atoms with Crippen LogP contribution in [0.5, 0.6) is 0 Å². The first-order chi connectivity index (χ1) is 9.34. The average molecular weight is 266 g/mol. The van der Waals surface area contributed by atoms with Crippen molar-refractivity contribution >= 4 is 5.95 Å². The van der Waals surface area contributed by atoms with Gasteiger partial charge in [-0.25, -0.2) is 0 Å². The molecule has 106 valence electrons. The third-order valence-electron chi connectivity index (χ3n) is 4.04. The van der Waals surface area contributed by atoms with Crippen LogP contribution in [-0.2, 0) is 10.3 Å². The number of ether oxygens (including phenoxy) is 1. The Morgan fingerprint density at radius 3 is 2.89 bits per heavy atom. The fourth-order valence-corrected chi connectivity index (χ4v) is 3.04. The van der Waals surface area contributed by atoms with Crippen molar-refractivity contribution in [1.82, 2.24) is 15.5 Å². The normalized spacial score (nSPS) is 27.9. The third kappa shape index (κ3) is 2.47. The van der Waals surface area contributed by atoms with Crippen LogP contribution >= 0.6 is 0 Å². The van der Waals surface area contributed by atoms with Crippen LogP contribution in [-0.4, -0.2) is 43.0 Å². The molecule has 2 fully saturated rings. The highest BCUT2D eigenvalue weighted by Gasteiger charge is 2.40. The summed E-state index contributed by atoms with van der Waals surface area (Å²) in [4.78, 5) is 6.77. The molecule has 0 aliphatic carbocycles. The first kappa shape index (κ1) is 12.9. The van der Waals surface area contributed by atoms with E-state index in [1.807, 2.05) is 0 Å². The van der Waals surface area contributed by atoms with Gasteiger partial charge in [-0.1, -0.05) is 13.3 Å². The van der Waals surface area contributed by atoms with Crippen LogP contribution in [0.15, 0.2) is 4.52 Å². The van der Waals surface area contributed by atoms with E-state index in [-0.39, 0.29) is 5.54 Å². The molecule has 0 radical (unpaired) electrons. The van der Waals surface area contributed by atoms with E-state index in [4.69, 9.17) is 9.26 Å². The molecule has 0 bridgehead atoms. The minimum absolute atomic E-state index is 0.0910. The van der Waals surface area contributed by atoms with Crippen molar-refractivity contribution in [3.8, 4) is 0 Å². The smallest absolute Gasteiger partial charge is 0.266 e. The predicted molar refractivity (Wildman–Crippen MR) is 71.2 cm³/mol. The van der Waals surface area contributed by atoms with E-state index < -0.39 is 0 Å². The Morgan fingerprint density at radius 2 is 2.21 bits per heavy atom. The lowest BCUT2D eigenvalue weighted by Gasteiger charge is -2.26. The highest BCUT2D eigenvalue weighted by Crippen LogP contribution is 2.34. The maximum absolute atomic E-state index is 5.55. The number of aromatic nitrogens is 2. The van der Waals surface area contributed by atoms with Crippen LogP contribution in [0, 0.1) is 0 Å². The van der Waals surface area contributed by atoms with Crippen molar-refractivity contribution in [3.05, 3.63) is 5.89 Å². The fourth-order valence-electron chi connectivity index (χ4n) is 3.04. The van der Waals surface area contributed by atoms with Crippen LogP contribution in [0.3, 0.4) is 0 Å². The van der Waals surface area contributed by atoms with E-state index in [1.54, 1.807) is 0 Å². The van der Waals surface area contributed by atoms with Crippen molar-refractivity contribution in [2.45, 2.75) is 38.1 Å². The zero-order valence-corrected chi connectivity index (χ0v) is 11.5. The standard InChI is InChI=1S/C13H22N4O2/c1-2-4-13(5-3-6-14-13)11-15-12(16-19-11)17-7-9-18-10-8-17/h14H,2-10H2,1H3. The molecule has 2 aliphatic heterocycles. The van der Waals surface area contributed by atoms with Gasteiger partial charge in [0, 0.05) is 13.1 Å². The Kier molecular flexibility index (Phi) is 3.70. The maximum Gasteiger partial charge on any atom is 0.266 e. The molecule has 2 saturated heterocycles. The van der Waals surface area contributed by atoms with Gasteiger partial charge in [0.05, 0.1) is 18.8 Å². The van der Waals surface area contributed by atoms with Crippen LogP contribution < -0.4 is 10.2 Å². The van der Waals surface area contributed by atoms with E-state index in [2.05, 4.69) is 27.3 Å². The van der Waals surface area contributed by atoms with Crippen LogP contribution in [0.4, 0.5) is 5.95 Å². The number of hydrogen-bond acceptors (Lipinski definition) is 6. The highest BCUT2D eigenvalue weighted by molar-refractivity contribution is 5.29. The monoisotopic (exact) mass is 266 g/mol. The molecule has 6 heteroatoms. The van der Waals surface area contributed by atoms with E-state index in [9.17, 15) is 0 Å². The number of morpholine rings is 1. The van der Waals surface area contributed by atoms with Crippen molar-refractivity contribution in [2.75, 3.05) is 37.7 Å². The van der Waals surface area contributed by atoms with Crippen molar-refractivity contribution in [2.24, 2.45) is 0 Å². The Balaban J connectivity index is 1.79. The molecule has 0 spiro atoms. The summed E-state index contributed by atoms with van der Waals surface area (Å²) < 4.78 is 10.9. The van der Waals surface area contributed by atoms with Gasteiger partial charge in [0.1, 0.15) is 0 Å². The first-order valence-electron chi connectivity index (χ1n) is 7.26. The zero-order chi connectivity index (χ0) is 13.1. The van der Waals surface area contributed by atoms with Crippen LogP contribution in [0.1, 0.15) is 38.5 Å². The van der Waals surface area contributed by atoms with Gasteiger partial charge in [-0.3, -0.25) is 0 Å². The van der Waals surface area contributed by atoms with Crippen LogP contribution in [0.2, 0.25) is 0 Å². The van der Waals surface area contributed by atoms with Gasteiger partial charge in [-0.15, -0.1) is 0 Å². The van der Waals surface area contributed by atoms with E-state index in [0.29, 0.717) is 5.95 Å². The second-order valence-corrected chi connectivity index (χ2v) is 5.36. The Morgan fingerprint density at radius 1 is 1.37 bits per heavy atom. The van der Waals surface area contributed by atoms with Gasteiger partial charge in [0.25, 0.3) is 5.95 Å². The SMILES string of the molecule is CCCC1(c2nc(N3CCOCC3)no2)CCCN1. The fraction of sp³-hybridized carbons (Fsp3) is 0.846. The molecule has 3 heterocycles. The molecule has 1 aromatic rings. The zero-order valence-electron chi connectivity index (χ0n) is 11.5. The van der Waals surface area contributed by atoms with Gasteiger partial charge >= 0.3 is 0 Å². The van der Waals surface area contributed by atoms with Crippen molar-refractivity contribution in [1.29, 1.82) is 0 Å². The van der Waals surface area contributed by atoms with E-state index >= 15 is 0 Å². The lowest BCUT2D eigenvalue weighted by molar-refractivity contribution is 0.121. The van der Waals surface area contributed by atoms with Crippen LogP contribution in [0.25, 0.3) is 0 Å². The summed E-state index contributed by atoms with van der Waals surface area (Å²) in [5, 5.41) is 7.72. The summed E-state index contributed by atoms with van der Waals surface area (Å²) in [6.07, 6.45) is 4.43. The van der Waals surface area contributed by atoms with Gasteiger partial charge < -0.3 is 19.5 Å². The summed E-state index contributed by atoms with van der Waals surface area (Å²) in [6, 6.07) is 0. The average Bonchev–Trinajstić information content (AvgIpc) is 3.09. The number of nitrogens with zero attached hydrogens (tertiary/aromatic N) is 3. The highest BCUT2D eigenvalue weighted by atomic mass is 16.5. The molecular formula is C13H22N4O2. The largest absolute Gasteiger partial charge is 0.378 e. The summed E-state index contributed by atoms with van der Waals surface area (Å²) >= 11 is 0. The van der Waals surface area contributed by atoms with Crippen molar-refractivity contribution < 1.29 is 9.26 Å². The van der Waals surface area contributed by atoms with Crippen molar-refractivity contribution in [3.63, 3.8) is 0 Å². The van der Waals surface area contributed by atoms with Gasteiger partial charge in [-0.2, -0.15) is 4.98 Å². The Hall–Kier alpha value is -1.14. The summed E-state index contributed by atoms with van der Waals surface area (Å²) in [7, 11) is 0. The number of nitrogens with one attached hydrogen (secondary N) is 1. The molecule has 2 aliphatic rings. The van der Waals surface area contributed by atoms with E-state index in [1.165, 1.54) is 6.42 Å². The van der Waals surface area contributed by atoms with Gasteiger partial charge in [0.15, 0.2) is 0 Å². The number of hydrogen-bond donors (Lipinski definition) is 1. The molecule has 1 aromatic heterocycles. The number of anilines is 1. The Bertz CT molecular complexity index is 409. The molecule has 1 unspecified atom stereocenters. The summed E-state index contributed by atoms with van der Waals surface area (Å²) in [5.74, 6) is 1.47. The minimum Gasteiger partial charge on any atom is -0.378 e. The maximum atomic E-state index is 5.55. The Labute approximate surface area is 113 Å². The van der Waals surface area contributed by atoms with Gasteiger partial charge in [-0.05, 0) is 31.0 Å². The lowest BCUT2D eigenvalue weighted by Crippen LogP contribution is -2.38. The summed E-state index contributed by atoms with van der Waals surface area (Å²) in [6.45, 7) is 6.39. The quantitative estimate of drug-likeness (QED) is 0.886. The molecule has 19 heavy (non-hydrogen) atoms. The molecule has 3 rings (SSSR count). The summed E-state index contributed by atoms with van der Waals surface area (Å²) in [5.41, 5.74) is -0.0910. The topological polar surface area (TPSA) is 63.4 Å². The van der Waals surface area contributed by atoms with Gasteiger partial charge in [0.2, 0.25) is 5.89 Å². The molecule has 1 atom stereocenters. The molecule has 6 nitrogen and oxygen atoms in total. The third-order valence-corrected chi connectivity index (χ3v) is 4.04. The molecule has 0 amide bonds. The molecule has 1 N–H and O–H groups in total.